The van der Waals surface area contributed by atoms with Crippen LogP contribution >= 0.6 is 0 Å². The molecule has 3 aromatic rings. The molecular formula is C23H29N5O. The maximum Gasteiger partial charge on any atom is 0.272 e. The number of hydrogen-bond donors (Lipinski definition) is 2. The second-order valence-corrected chi connectivity index (χ2v) is 7.75. The quantitative estimate of drug-likeness (QED) is 0.607. The lowest BCUT2D eigenvalue weighted by molar-refractivity contribution is 0.0949. The van der Waals surface area contributed by atoms with Crippen LogP contribution in [0.3, 0.4) is 0 Å². The van der Waals surface area contributed by atoms with Gasteiger partial charge >= 0.3 is 0 Å². The second-order valence-electron chi connectivity index (χ2n) is 7.75. The molecule has 29 heavy (non-hydrogen) atoms. The summed E-state index contributed by atoms with van der Waals surface area (Å²) in [5, 5.41) is 10.9. The molecule has 1 fully saturated rings. The Morgan fingerprint density at radius 3 is 2.72 bits per heavy atom. The number of nitrogens with one attached hydrogen (secondary N) is 2. The number of fused-ring (bicyclic) bond motifs is 1. The summed E-state index contributed by atoms with van der Waals surface area (Å²) in [6.07, 6.45) is 2.07. The summed E-state index contributed by atoms with van der Waals surface area (Å²) in [4.78, 5) is 17.4. The maximum atomic E-state index is 12.4. The summed E-state index contributed by atoms with van der Waals surface area (Å²) in [6.45, 7) is 8.26. The second kappa shape index (κ2) is 9.09. The van der Waals surface area contributed by atoms with Gasteiger partial charge in [-0.25, -0.2) is 0 Å². The molecule has 6 heteroatoms. The van der Waals surface area contributed by atoms with Gasteiger partial charge in [0.25, 0.3) is 5.91 Å². The van der Waals surface area contributed by atoms with E-state index in [4.69, 9.17) is 0 Å². The molecule has 0 unspecified atom stereocenters. The zero-order chi connectivity index (χ0) is 20.1. The van der Waals surface area contributed by atoms with Crippen molar-refractivity contribution in [1.29, 1.82) is 0 Å². The van der Waals surface area contributed by atoms with Gasteiger partial charge in [-0.3, -0.25) is 14.8 Å². The number of hydrogen-bond acceptors (Lipinski definition) is 4. The summed E-state index contributed by atoms with van der Waals surface area (Å²) in [7, 11) is 0. The molecule has 1 amide bonds. The van der Waals surface area contributed by atoms with Gasteiger partial charge in [0, 0.05) is 43.8 Å². The molecular weight excluding hydrogens is 362 g/mol. The summed E-state index contributed by atoms with van der Waals surface area (Å²) in [5.41, 5.74) is 4.02. The highest BCUT2D eigenvalue weighted by molar-refractivity contribution is 6.04. The minimum Gasteiger partial charge on any atom is -0.369 e. The smallest absolute Gasteiger partial charge is 0.272 e. The molecule has 0 bridgehead atoms. The van der Waals surface area contributed by atoms with Crippen LogP contribution in [0.2, 0.25) is 0 Å². The molecule has 1 aliphatic heterocycles. The van der Waals surface area contributed by atoms with Crippen LogP contribution in [0.25, 0.3) is 10.9 Å². The van der Waals surface area contributed by atoms with E-state index in [1.807, 2.05) is 24.3 Å². The summed E-state index contributed by atoms with van der Waals surface area (Å²) in [5.74, 6) is -0.103. The number of rotatable bonds is 7. The van der Waals surface area contributed by atoms with E-state index in [-0.39, 0.29) is 5.91 Å². The maximum absolute atomic E-state index is 12.4. The number of aryl methyl sites for hydroxylation is 1. The van der Waals surface area contributed by atoms with E-state index in [2.05, 4.69) is 56.5 Å². The number of aromatic nitrogens is 2. The molecule has 0 aliphatic carbocycles. The minimum atomic E-state index is -0.103. The SMILES string of the molecule is Cc1cccc(N2CCN(CCCCNC(=O)c3n[nH]c4ccccc34)CC2)c1. The number of amides is 1. The van der Waals surface area contributed by atoms with Gasteiger partial charge in [-0.15, -0.1) is 0 Å². The van der Waals surface area contributed by atoms with Crippen molar-refractivity contribution in [3.63, 3.8) is 0 Å². The Kier molecular flexibility index (Phi) is 6.10. The van der Waals surface area contributed by atoms with Gasteiger partial charge in [0.1, 0.15) is 0 Å². The highest BCUT2D eigenvalue weighted by Gasteiger charge is 2.17. The molecule has 0 radical (unpaired) electrons. The third kappa shape index (κ3) is 4.77. The van der Waals surface area contributed by atoms with Gasteiger partial charge in [0.05, 0.1) is 5.52 Å². The Morgan fingerprint density at radius 1 is 1.07 bits per heavy atom. The molecule has 2 aromatic carbocycles. The highest BCUT2D eigenvalue weighted by atomic mass is 16.1. The van der Waals surface area contributed by atoms with Crippen molar-refractivity contribution in [3.8, 4) is 0 Å². The van der Waals surface area contributed by atoms with Crippen molar-refractivity contribution >= 4 is 22.5 Å². The van der Waals surface area contributed by atoms with Crippen molar-refractivity contribution in [2.75, 3.05) is 44.2 Å². The van der Waals surface area contributed by atoms with Crippen molar-refractivity contribution in [2.24, 2.45) is 0 Å². The number of carbonyl (C=O) groups is 1. The van der Waals surface area contributed by atoms with Crippen LogP contribution in [0.15, 0.2) is 48.5 Å². The van der Waals surface area contributed by atoms with E-state index < -0.39 is 0 Å². The van der Waals surface area contributed by atoms with E-state index in [0.29, 0.717) is 12.2 Å². The summed E-state index contributed by atoms with van der Waals surface area (Å²) < 4.78 is 0. The standard InChI is InChI=1S/C23H29N5O/c1-18-7-6-8-19(17-18)28-15-13-27(14-16-28)12-5-4-11-24-23(29)22-20-9-2-3-10-21(20)25-26-22/h2-3,6-10,17H,4-5,11-16H2,1H3,(H,24,29)(H,25,26). The minimum absolute atomic E-state index is 0.103. The summed E-state index contributed by atoms with van der Waals surface area (Å²) in [6, 6.07) is 16.5. The first-order valence-corrected chi connectivity index (χ1v) is 10.5. The normalized spacial score (nSPS) is 15.0. The van der Waals surface area contributed by atoms with Crippen molar-refractivity contribution < 1.29 is 4.79 Å². The molecule has 1 aliphatic rings. The van der Waals surface area contributed by atoms with Crippen molar-refractivity contribution in [2.45, 2.75) is 19.8 Å². The lowest BCUT2D eigenvalue weighted by atomic mass is 10.2. The Balaban J connectivity index is 1.15. The first-order chi connectivity index (χ1) is 14.2. The van der Waals surface area contributed by atoms with Gasteiger partial charge in [-0.05, 0) is 50.1 Å². The fourth-order valence-electron chi connectivity index (χ4n) is 3.94. The molecule has 152 valence electrons. The van der Waals surface area contributed by atoms with E-state index in [0.717, 1.165) is 56.5 Å². The van der Waals surface area contributed by atoms with Crippen LogP contribution in [0.5, 0.6) is 0 Å². The monoisotopic (exact) mass is 391 g/mol. The number of carbonyl (C=O) groups excluding carboxylic acids is 1. The number of H-pyrrole nitrogens is 1. The van der Waals surface area contributed by atoms with Crippen molar-refractivity contribution in [3.05, 3.63) is 59.8 Å². The third-order valence-electron chi connectivity index (χ3n) is 5.61. The average molecular weight is 392 g/mol. The number of nitrogens with zero attached hydrogens (tertiary/aromatic N) is 3. The lowest BCUT2D eigenvalue weighted by Gasteiger charge is -2.36. The largest absolute Gasteiger partial charge is 0.369 e. The predicted octanol–water partition coefficient (Wildman–Crippen LogP) is 3.20. The predicted molar refractivity (Wildman–Crippen MR) is 117 cm³/mol. The van der Waals surface area contributed by atoms with Gasteiger partial charge in [-0.2, -0.15) is 5.10 Å². The molecule has 2 N–H and O–H groups in total. The van der Waals surface area contributed by atoms with E-state index in [1.54, 1.807) is 0 Å². The van der Waals surface area contributed by atoms with Gasteiger partial charge in [-0.1, -0.05) is 30.3 Å². The third-order valence-corrected chi connectivity index (χ3v) is 5.61. The molecule has 6 nitrogen and oxygen atoms in total. The lowest BCUT2D eigenvalue weighted by Crippen LogP contribution is -2.46. The molecule has 1 saturated heterocycles. The van der Waals surface area contributed by atoms with Crippen LogP contribution in [0, 0.1) is 6.92 Å². The van der Waals surface area contributed by atoms with E-state index in [1.165, 1.54) is 11.3 Å². The Bertz CT molecular complexity index is 959. The average Bonchev–Trinajstić information content (AvgIpc) is 3.18. The first kappa shape index (κ1) is 19.5. The van der Waals surface area contributed by atoms with Crippen molar-refractivity contribution in [1.82, 2.24) is 20.4 Å². The molecule has 1 aromatic heterocycles. The molecule has 0 atom stereocenters. The van der Waals surface area contributed by atoms with Crippen LogP contribution in [-0.4, -0.2) is 60.3 Å². The Hall–Kier alpha value is -2.86. The molecule has 0 saturated carbocycles. The fraction of sp³-hybridized carbons (Fsp3) is 0.391. The number of unbranched alkanes of at least 4 members (excludes halogenated alkanes) is 1. The number of anilines is 1. The number of piperazine rings is 1. The first-order valence-electron chi connectivity index (χ1n) is 10.5. The van der Waals surface area contributed by atoms with Gasteiger partial charge < -0.3 is 10.2 Å². The molecule has 4 rings (SSSR count). The fourth-order valence-corrected chi connectivity index (χ4v) is 3.94. The number of benzene rings is 2. The number of para-hydroxylation sites is 1. The highest BCUT2D eigenvalue weighted by Crippen LogP contribution is 2.18. The Labute approximate surface area is 171 Å². The van der Waals surface area contributed by atoms with Gasteiger partial charge in [0.15, 0.2) is 5.69 Å². The molecule has 0 spiro atoms. The van der Waals surface area contributed by atoms with Gasteiger partial charge in [0.2, 0.25) is 0 Å². The number of aromatic amines is 1. The zero-order valence-corrected chi connectivity index (χ0v) is 17.0. The van der Waals surface area contributed by atoms with Crippen LogP contribution in [0.1, 0.15) is 28.9 Å². The summed E-state index contributed by atoms with van der Waals surface area (Å²) >= 11 is 0. The zero-order valence-electron chi connectivity index (χ0n) is 17.0. The topological polar surface area (TPSA) is 64.3 Å². The van der Waals surface area contributed by atoms with E-state index in [9.17, 15) is 4.79 Å². The van der Waals surface area contributed by atoms with E-state index >= 15 is 0 Å². The van der Waals surface area contributed by atoms with Crippen LogP contribution < -0.4 is 10.2 Å². The van der Waals surface area contributed by atoms with Crippen LogP contribution in [0.4, 0.5) is 5.69 Å². The van der Waals surface area contributed by atoms with Crippen LogP contribution in [-0.2, 0) is 0 Å². The molecule has 2 heterocycles. The Morgan fingerprint density at radius 2 is 1.90 bits per heavy atom.